The molecule has 0 aliphatic heterocycles. The Morgan fingerprint density at radius 3 is 2.71 bits per heavy atom. The summed E-state index contributed by atoms with van der Waals surface area (Å²) in [5.74, 6) is -0.105. The van der Waals surface area contributed by atoms with Gasteiger partial charge in [-0.3, -0.25) is 9.59 Å². The van der Waals surface area contributed by atoms with E-state index in [-0.39, 0.29) is 11.8 Å². The standard InChI is InChI=1S/C24H24N8O2/c1-2-3-4-5-9-21(33)26-19-8-6-7-16-13-20(27-22(16)19)24(34)28-18-11-10-15(14-25)12-17(18)23-29-31-32-30-23/h6-8,10-13,27H,2-5,9H2,1H3,(H,26,33)(H,28,34)(H,29,30,31,32). The number of carbonyl (C=O) groups is 2. The van der Waals surface area contributed by atoms with E-state index in [1.165, 1.54) is 0 Å². The number of tetrazole rings is 1. The first-order chi connectivity index (χ1) is 16.6. The summed E-state index contributed by atoms with van der Waals surface area (Å²) in [7, 11) is 0. The number of anilines is 2. The molecule has 2 aromatic heterocycles. The van der Waals surface area contributed by atoms with Gasteiger partial charge in [0.1, 0.15) is 5.69 Å². The Hall–Kier alpha value is -4.52. The molecule has 0 fully saturated rings. The zero-order valence-corrected chi connectivity index (χ0v) is 18.7. The Labute approximate surface area is 195 Å². The molecule has 4 N–H and O–H groups in total. The maximum absolute atomic E-state index is 13.0. The van der Waals surface area contributed by atoms with Crippen LogP contribution in [0.25, 0.3) is 22.3 Å². The maximum Gasteiger partial charge on any atom is 0.272 e. The number of rotatable bonds is 9. The smallest absolute Gasteiger partial charge is 0.272 e. The van der Waals surface area contributed by atoms with Crippen molar-refractivity contribution >= 4 is 34.1 Å². The summed E-state index contributed by atoms with van der Waals surface area (Å²) >= 11 is 0. The van der Waals surface area contributed by atoms with Crippen LogP contribution in [0.1, 0.15) is 55.1 Å². The molecule has 172 valence electrons. The summed E-state index contributed by atoms with van der Waals surface area (Å²) in [5.41, 5.74) is 2.97. The van der Waals surface area contributed by atoms with Crippen LogP contribution in [-0.2, 0) is 4.79 Å². The van der Waals surface area contributed by atoms with Crippen LogP contribution in [0.15, 0.2) is 42.5 Å². The number of H-pyrrole nitrogens is 2. The Balaban J connectivity index is 1.54. The normalized spacial score (nSPS) is 10.7. The first-order valence-electron chi connectivity index (χ1n) is 11.1. The van der Waals surface area contributed by atoms with Crippen molar-refractivity contribution in [2.75, 3.05) is 10.6 Å². The third kappa shape index (κ3) is 5.10. The predicted molar refractivity (Wildman–Crippen MR) is 128 cm³/mol. The number of nitriles is 1. The van der Waals surface area contributed by atoms with Gasteiger partial charge in [0.05, 0.1) is 28.5 Å². The van der Waals surface area contributed by atoms with E-state index in [4.69, 9.17) is 0 Å². The van der Waals surface area contributed by atoms with Crippen LogP contribution in [0.4, 0.5) is 11.4 Å². The largest absolute Gasteiger partial charge is 0.349 e. The average molecular weight is 457 g/mol. The van der Waals surface area contributed by atoms with Crippen molar-refractivity contribution in [1.29, 1.82) is 5.26 Å². The van der Waals surface area contributed by atoms with Crippen molar-refractivity contribution < 1.29 is 9.59 Å². The number of nitrogens with zero attached hydrogens (tertiary/aromatic N) is 4. The summed E-state index contributed by atoms with van der Waals surface area (Å²) in [4.78, 5) is 28.5. The molecule has 4 rings (SSSR count). The number of para-hydroxylation sites is 1. The zero-order valence-electron chi connectivity index (χ0n) is 18.7. The van der Waals surface area contributed by atoms with Crippen LogP contribution in [0.3, 0.4) is 0 Å². The molecular formula is C24H24N8O2. The van der Waals surface area contributed by atoms with Gasteiger partial charge < -0.3 is 15.6 Å². The quantitative estimate of drug-likeness (QED) is 0.274. The van der Waals surface area contributed by atoms with Crippen LogP contribution >= 0.6 is 0 Å². The van der Waals surface area contributed by atoms with Gasteiger partial charge in [0.15, 0.2) is 5.82 Å². The number of unbranched alkanes of at least 4 members (excludes halogenated alkanes) is 3. The minimum atomic E-state index is -0.383. The second-order valence-electron chi connectivity index (χ2n) is 7.89. The Bertz CT molecular complexity index is 1350. The zero-order chi connectivity index (χ0) is 23.9. The van der Waals surface area contributed by atoms with Crippen LogP contribution < -0.4 is 10.6 Å². The fourth-order valence-electron chi connectivity index (χ4n) is 3.69. The Kier molecular flexibility index (Phi) is 6.93. The Morgan fingerprint density at radius 1 is 1.06 bits per heavy atom. The first kappa shape index (κ1) is 22.7. The molecule has 0 radical (unpaired) electrons. The van der Waals surface area contributed by atoms with Crippen molar-refractivity contribution in [2.45, 2.75) is 39.0 Å². The lowest BCUT2D eigenvalue weighted by atomic mass is 10.1. The lowest BCUT2D eigenvalue weighted by Gasteiger charge is -2.09. The van der Waals surface area contributed by atoms with Crippen molar-refractivity contribution in [3.05, 3.63) is 53.7 Å². The molecule has 0 aliphatic rings. The van der Waals surface area contributed by atoms with Crippen molar-refractivity contribution in [3.8, 4) is 17.5 Å². The minimum Gasteiger partial charge on any atom is -0.349 e. The van der Waals surface area contributed by atoms with Gasteiger partial charge >= 0.3 is 0 Å². The van der Waals surface area contributed by atoms with E-state index in [0.717, 1.165) is 31.1 Å². The third-order valence-corrected chi connectivity index (χ3v) is 5.43. The highest BCUT2D eigenvalue weighted by molar-refractivity contribution is 6.09. The molecule has 2 heterocycles. The van der Waals surface area contributed by atoms with Crippen LogP contribution in [-0.4, -0.2) is 37.4 Å². The lowest BCUT2D eigenvalue weighted by molar-refractivity contribution is -0.116. The molecule has 2 aromatic carbocycles. The number of benzene rings is 2. The minimum absolute atomic E-state index is 0.0490. The fraction of sp³-hybridized carbons (Fsp3) is 0.250. The van der Waals surface area contributed by atoms with E-state index >= 15 is 0 Å². The SMILES string of the molecule is CCCCCCC(=O)Nc1cccc2cc(C(=O)Nc3ccc(C#N)cc3-c3nnn[nH]3)[nH]c12. The highest BCUT2D eigenvalue weighted by Crippen LogP contribution is 2.28. The summed E-state index contributed by atoms with van der Waals surface area (Å²) in [6.45, 7) is 2.13. The second-order valence-corrected chi connectivity index (χ2v) is 7.89. The summed E-state index contributed by atoms with van der Waals surface area (Å²) in [6.07, 6.45) is 4.58. The number of hydrogen-bond acceptors (Lipinski definition) is 6. The third-order valence-electron chi connectivity index (χ3n) is 5.43. The van der Waals surface area contributed by atoms with Gasteiger partial charge in [-0.05, 0) is 47.2 Å². The highest BCUT2D eigenvalue weighted by Gasteiger charge is 2.16. The Morgan fingerprint density at radius 2 is 1.94 bits per heavy atom. The molecule has 34 heavy (non-hydrogen) atoms. The van der Waals surface area contributed by atoms with Gasteiger partial charge in [-0.2, -0.15) is 5.26 Å². The van der Waals surface area contributed by atoms with Crippen LogP contribution in [0, 0.1) is 11.3 Å². The van der Waals surface area contributed by atoms with Crippen LogP contribution in [0.2, 0.25) is 0 Å². The molecular weight excluding hydrogens is 432 g/mol. The molecule has 4 aromatic rings. The topological polar surface area (TPSA) is 152 Å². The molecule has 10 heteroatoms. The number of nitrogens with one attached hydrogen (secondary N) is 4. The lowest BCUT2D eigenvalue weighted by Crippen LogP contribution is -2.13. The molecule has 0 bridgehead atoms. The molecule has 0 aliphatic carbocycles. The van der Waals surface area contributed by atoms with E-state index < -0.39 is 0 Å². The van der Waals surface area contributed by atoms with Crippen molar-refractivity contribution in [3.63, 3.8) is 0 Å². The summed E-state index contributed by atoms with van der Waals surface area (Å²) in [5, 5.41) is 29.5. The molecule has 0 atom stereocenters. The van der Waals surface area contributed by atoms with Gasteiger partial charge in [0.25, 0.3) is 5.91 Å². The number of aromatic amines is 2. The predicted octanol–water partition coefficient (Wildman–Crippen LogP) is 4.38. The molecule has 0 saturated heterocycles. The second kappa shape index (κ2) is 10.4. The van der Waals surface area contributed by atoms with Gasteiger partial charge in [-0.1, -0.05) is 38.3 Å². The van der Waals surface area contributed by atoms with E-state index in [1.807, 2.05) is 12.1 Å². The molecule has 0 spiro atoms. The van der Waals surface area contributed by atoms with E-state index in [9.17, 15) is 14.9 Å². The van der Waals surface area contributed by atoms with E-state index in [2.05, 4.69) is 49.2 Å². The number of carbonyl (C=O) groups excluding carboxylic acids is 2. The highest BCUT2D eigenvalue weighted by atomic mass is 16.2. The summed E-state index contributed by atoms with van der Waals surface area (Å²) in [6, 6.07) is 14.1. The van der Waals surface area contributed by atoms with Crippen LogP contribution in [0.5, 0.6) is 0 Å². The number of hydrogen-bond donors (Lipinski definition) is 4. The number of fused-ring (bicyclic) bond motifs is 1. The van der Waals surface area contributed by atoms with Gasteiger partial charge in [0.2, 0.25) is 5.91 Å². The van der Waals surface area contributed by atoms with Crippen molar-refractivity contribution in [2.24, 2.45) is 0 Å². The fourth-order valence-corrected chi connectivity index (χ4v) is 3.69. The number of amides is 2. The van der Waals surface area contributed by atoms with Crippen molar-refractivity contribution in [1.82, 2.24) is 25.6 Å². The van der Waals surface area contributed by atoms with E-state index in [1.54, 1.807) is 30.3 Å². The van der Waals surface area contributed by atoms with Gasteiger partial charge in [-0.15, -0.1) is 5.10 Å². The monoisotopic (exact) mass is 456 g/mol. The average Bonchev–Trinajstić information content (AvgIpc) is 3.53. The summed E-state index contributed by atoms with van der Waals surface area (Å²) < 4.78 is 0. The molecule has 0 unspecified atom stereocenters. The number of aromatic nitrogens is 5. The molecule has 10 nitrogen and oxygen atoms in total. The molecule has 2 amide bonds. The maximum atomic E-state index is 13.0. The molecule has 0 saturated carbocycles. The first-order valence-corrected chi connectivity index (χ1v) is 11.1. The van der Waals surface area contributed by atoms with Gasteiger partial charge in [0, 0.05) is 17.4 Å². The van der Waals surface area contributed by atoms with Gasteiger partial charge in [-0.25, -0.2) is 5.10 Å². The van der Waals surface area contributed by atoms with E-state index in [0.29, 0.717) is 46.0 Å².